The van der Waals surface area contributed by atoms with Gasteiger partial charge in [-0.05, 0) is 36.4 Å². The molecule has 0 aliphatic carbocycles. The van der Waals surface area contributed by atoms with Gasteiger partial charge in [0.25, 0.3) is 5.91 Å². The number of halogens is 2. The van der Waals surface area contributed by atoms with Crippen LogP contribution in [0.1, 0.15) is 0 Å². The highest BCUT2D eigenvalue weighted by molar-refractivity contribution is 7.89. The van der Waals surface area contributed by atoms with E-state index in [2.05, 4.69) is 0 Å². The topological polar surface area (TPSA) is 66.9 Å². The summed E-state index contributed by atoms with van der Waals surface area (Å²) in [6.45, 7) is 0.266. The smallest absolute Gasteiger partial charge is 0.260 e. The molecule has 3 rings (SSSR count). The Balaban J connectivity index is 1.56. The molecular formula is C18H18F2N2O4S. The Kier molecular flexibility index (Phi) is 5.71. The number of benzene rings is 2. The van der Waals surface area contributed by atoms with Crippen molar-refractivity contribution in [3.63, 3.8) is 0 Å². The van der Waals surface area contributed by atoms with E-state index in [0.29, 0.717) is 5.75 Å². The molecule has 1 heterocycles. The first-order valence-corrected chi connectivity index (χ1v) is 9.73. The van der Waals surface area contributed by atoms with Crippen LogP contribution >= 0.6 is 0 Å². The van der Waals surface area contributed by atoms with E-state index < -0.39 is 21.7 Å². The molecular weight excluding hydrogens is 378 g/mol. The lowest BCUT2D eigenvalue weighted by Gasteiger charge is -2.34. The number of ether oxygens (including phenoxy) is 1. The highest BCUT2D eigenvalue weighted by Gasteiger charge is 2.31. The lowest BCUT2D eigenvalue weighted by Crippen LogP contribution is -2.51. The van der Waals surface area contributed by atoms with Crippen molar-refractivity contribution >= 4 is 15.9 Å². The maximum Gasteiger partial charge on any atom is 0.260 e. The van der Waals surface area contributed by atoms with E-state index in [-0.39, 0.29) is 43.6 Å². The number of hydrogen-bond acceptors (Lipinski definition) is 4. The Morgan fingerprint density at radius 3 is 2.22 bits per heavy atom. The number of sulfonamides is 1. The third-order valence-corrected chi connectivity index (χ3v) is 6.15. The summed E-state index contributed by atoms with van der Waals surface area (Å²) in [5.74, 6) is -1.14. The summed E-state index contributed by atoms with van der Waals surface area (Å²) < 4.78 is 58.2. The van der Waals surface area contributed by atoms with Gasteiger partial charge in [0.2, 0.25) is 10.0 Å². The zero-order chi connectivity index (χ0) is 19.4. The second-order valence-electron chi connectivity index (χ2n) is 5.96. The second-order valence-corrected chi connectivity index (χ2v) is 7.86. The third-order valence-electron chi connectivity index (χ3n) is 4.22. The first-order valence-electron chi connectivity index (χ1n) is 8.29. The van der Waals surface area contributed by atoms with Gasteiger partial charge in [0.05, 0.1) is 0 Å². The molecule has 1 amide bonds. The Labute approximate surface area is 156 Å². The van der Waals surface area contributed by atoms with Crippen molar-refractivity contribution in [2.75, 3.05) is 32.8 Å². The first kappa shape index (κ1) is 19.2. The number of carbonyl (C=O) groups excluding carboxylic acids is 1. The summed E-state index contributed by atoms with van der Waals surface area (Å²) in [7, 11) is -3.95. The fourth-order valence-electron chi connectivity index (χ4n) is 2.74. The Morgan fingerprint density at radius 2 is 1.59 bits per heavy atom. The molecule has 2 aromatic rings. The van der Waals surface area contributed by atoms with Gasteiger partial charge < -0.3 is 9.64 Å². The molecule has 9 heteroatoms. The fourth-order valence-corrected chi connectivity index (χ4v) is 4.23. The van der Waals surface area contributed by atoms with Crippen molar-refractivity contribution < 1.29 is 26.7 Å². The summed E-state index contributed by atoms with van der Waals surface area (Å²) in [6, 6.07) is 10.5. The van der Waals surface area contributed by atoms with Crippen molar-refractivity contribution in [3.05, 3.63) is 60.2 Å². The molecule has 27 heavy (non-hydrogen) atoms. The molecule has 0 N–H and O–H groups in total. The van der Waals surface area contributed by atoms with Gasteiger partial charge in [0.1, 0.15) is 22.3 Å². The molecule has 144 valence electrons. The van der Waals surface area contributed by atoms with Crippen molar-refractivity contribution in [1.82, 2.24) is 9.21 Å². The Morgan fingerprint density at radius 1 is 0.963 bits per heavy atom. The highest BCUT2D eigenvalue weighted by Crippen LogP contribution is 2.20. The van der Waals surface area contributed by atoms with Crippen LogP contribution in [0.2, 0.25) is 0 Å². The number of amides is 1. The quantitative estimate of drug-likeness (QED) is 0.774. The van der Waals surface area contributed by atoms with E-state index in [1.54, 1.807) is 0 Å². The number of rotatable bonds is 5. The minimum atomic E-state index is -3.95. The molecule has 0 bridgehead atoms. The first-order chi connectivity index (χ1) is 12.9. The number of piperazine rings is 1. The van der Waals surface area contributed by atoms with Crippen molar-refractivity contribution in [2.45, 2.75) is 4.90 Å². The van der Waals surface area contributed by atoms with E-state index in [1.807, 2.05) is 0 Å². The van der Waals surface area contributed by atoms with Crippen LogP contribution in [0.5, 0.6) is 5.75 Å². The van der Waals surface area contributed by atoms with Crippen molar-refractivity contribution in [3.8, 4) is 5.75 Å². The third kappa shape index (κ3) is 4.42. The average molecular weight is 396 g/mol. The molecule has 0 spiro atoms. The van der Waals surface area contributed by atoms with Crippen LogP contribution in [0.25, 0.3) is 0 Å². The van der Waals surface area contributed by atoms with E-state index in [1.165, 1.54) is 47.4 Å². The van der Waals surface area contributed by atoms with Gasteiger partial charge in [0.15, 0.2) is 6.61 Å². The standard InChI is InChI=1S/C18H18F2N2O4S/c19-14-5-7-15(8-6-14)26-13-18(23)21-9-11-22(12-10-21)27(24,25)17-4-2-1-3-16(17)20/h1-8H,9-13H2. The molecule has 1 saturated heterocycles. The van der Waals surface area contributed by atoms with Crippen LogP contribution < -0.4 is 4.74 Å². The van der Waals surface area contributed by atoms with Crippen molar-refractivity contribution in [1.29, 1.82) is 0 Å². The van der Waals surface area contributed by atoms with Crippen LogP contribution in [-0.4, -0.2) is 56.3 Å². The highest BCUT2D eigenvalue weighted by atomic mass is 32.2. The number of nitrogens with zero attached hydrogens (tertiary/aromatic N) is 2. The van der Waals surface area contributed by atoms with Crippen LogP contribution in [0.3, 0.4) is 0 Å². The minimum absolute atomic E-state index is 0.0684. The van der Waals surface area contributed by atoms with E-state index in [4.69, 9.17) is 4.74 Å². The summed E-state index contributed by atoms with van der Waals surface area (Å²) in [5, 5.41) is 0. The van der Waals surface area contributed by atoms with Gasteiger partial charge in [-0.3, -0.25) is 4.79 Å². The van der Waals surface area contributed by atoms with E-state index >= 15 is 0 Å². The molecule has 6 nitrogen and oxygen atoms in total. The molecule has 1 aliphatic heterocycles. The van der Waals surface area contributed by atoms with E-state index in [0.717, 1.165) is 10.4 Å². The summed E-state index contributed by atoms with van der Waals surface area (Å²) in [5.41, 5.74) is 0. The number of carbonyl (C=O) groups is 1. The average Bonchev–Trinajstić information content (AvgIpc) is 2.67. The molecule has 0 atom stereocenters. The number of hydrogen-bond donors (Lipinski definition) is 0. The summed E-state index contributed by atoms with van der Waals surface area (Å²) >= 11 is 0. The van der Waals surface area contributed by atoms with Crippen molar-refractivity contribution in [2.24, 2.45) is 0 Å². The largest absolute Gasteiger partial charge is 0.484 e. The molecule has 0 radical (unpaired) electrons. The zero-order valence-electron chi connectivity index (χ0n) is 14.3. The van der Waals surface area contributed by atoms with Gasteiger partial charge in [-0.2, -0.15) is 4.31 Å². The lowest BCUT2D eigenvalue weighted by molar-refractivity contribution is -0.134. The molecule has 0 saturated carbocycles. The van der Waals surface area contributed by atoms with E-state index in [9.17, 15) is 22.0 Å². The molecule has 1 aliphatic rings. The molecule has 1 fully saturated rings. The predicted molar refractivity (Wildman–Crippen MR) is 93.6 cm³/mol. The maximum atomic E-state index is 13.8. The fraction of sp³-hybridized carbons (Fsp3) is 0.278. The maximum absolute atomic E-state index is 13.8. The SMILES string of the molecule is O=C(COc1ccc(F)cc1)N1CCN(S(=O)(=O)c2ccccc2F)CC1. The predicted octanol–water partition coefficient (Wildman–Crippen LogP) is 1.88. The lowest BCUT2D eigenvalue weighted by atomic mass is 10.3. The Bertz CT molecular complexity index is 911. The normalized spacial score (nSPS) is 15.6. The Hall–Kier alpha value is -2.52. The molecule has 0 aromatic heterocycles. The monoisotopic (exact) mass is 396 g/mol. The minimum Gasteiger partial charge on any atom is -0.484 e. The zero-order valence-corrected chi connectivity index (χ0v) is 15.2. The van der Waals surface area contributed by atoms with Gasteiger partial charge in [0, 0.05) is 26.2 Å². The van der Waals surface area contributed by atoms with Crippen LogP contribution in [0, 0.1) is 11.6 Å². The summed E-state index contributed by atoms with van der Waals surface area (Å²) in [6.07, 6.45) is 0. The van der Waals surface area contributed by atoms with Gasteiger partial charge in [-0.25, -0.2) is 17.2 Å². The molecule has 0 unspecified atom stereocenters. The summed E-state index contributed by atoms with van der Waals surface area (Å²) in [4.78, 5) is 13.3. The van der Waals surface area contributed by atoms with Gasteiger partial charge >= 0.3 is 0 Å². The van der Waals surface area contributed by atoms with Gasteiger partial charge in [-0.1, -0.05) is 12.1 Å². The second kappa shape index (κ2) is 8.01. The van der Waals surface area contributed by atoms with Gasteiger partial charge in [-0.15, -0.1) is 0 Å². The van der Waals surface area contributed by atoms with Crippen LogP contribution in [-0.2, 0) is 14.8 Å². The van der Waals surface area contributed by atoms with Crippen LogP contribution in [0.4, 0.5) is 8.78 Å². The van der Waals surface area contributed by atoms with Crippen LogP contribution in [0.15, 0.2) is 53.4 Å². The molecule has 2 aromatic carbocycles.